The lowest BCUT2D eigenvalue weighted by atomic mass is 10.1. The summed E-state index contributed by atoms with van der Waals surface area (Å²) in [7, 11) is 1.74. The number of hydrogen-bond acceptors (Lipinski definition) is 3. The van der Waals surface area contributed by atoms with E-state index >= 15 is 0 Å². The maximum absolute atomic E-state index is 11.7. The Hall–Kier alpha value is -2.56. The molecule has 5 nitrogen and oxygen atoms in total. The molecule has 0 aliphatic carbocycles. The van der Waals surface area contributed by atoms with Crippen LogP contribution in [0.25, 0.3) is 0 Å². The summed E-state index contributed by atoms with van der Waals surface area (Å²) in [6.07, 6.45) is 1.74. The van der Waals surface area contributed by atoms with Crippen molar-refractivity contribution < 1.29 is 14.3 Å². The minimum Gasteiger partial charge on any atom is -0.451 e. The molecule has 110 valence electrons. The molecule has 0 spiro atoms. The topological polar surface area (TPSA) is 60.3 Å². The van der Waals surface area contributed by atoms with Gasteiger partial charge in [0.15, 0.2) is 6.61 Å². The third-order valence-corrected chi connectivity index (χ3v) is 3.22. The van der Waals surface area contributed by atoms with Gasteiger partial charge in [0.2, 0.25) is 0 Å². The Labute approximate surface area is 123 Å². The summed E-state index contributed by atoms with van der Waals surface area (Å²) in [5.74, 6) is -0.825. The molecular formula is C16H18N2O3. The second kappa shape index (κ2) is 6.74. The van der Waals surface area contributed by atoms with Gasteiger partial charge in [-0.2, -0.15) is 0 Å². The maximum Gasteiger partial charge on any atom is 0.355 e. The second-order valence-corrected chi connectivity index (χ2v) is 4.78. The molecule has 2 rings (SSSR count). The van der Waals surface area contributed by atoms with E-state index in [0.29, 0.717) is 12.2 Å². The van der Waals surface area contributed by atoms with E-state index in [1.54, 1.807) is 29.9 Å². The fourth-order valence-electron chi connectivity index (χ4n) is 1.93. The van der Waals surface area contributed by atoms with Crippen LogP contribution in [0.2, 0.25) is 0 Å². The predicted molar refractivity (Wildman–Crippen MR) is 78.7 cm³/mol. The zero-order chi connectivity index (χ0) is 15.2. The standard InChI is InChI=1S/C16H18N2O3/c1-12-6-3-4-7-13(12)10-17-15(19)11-21-16(20)14-8-5-9-18(14)2/h3-9H,10-11H2,1-2H3,(H,17,19). The highest BCUT2D eigenvalue weighted by Gasteiger charge is 2.12. The van der Waals surface area contributed by atoms with Gasteiger partial charge in [0.1, 0.15) is 5.69 Å². The van der Waals surface area contributed by atoms with Gasteiger partial charge in [0.25, 0.3) is 5.91 Å². The van der Waals surface area contributed by atoms with Gasteiger partial charge >= 0.3 is 5.97 Å². The summed E-state index contributed by atoms with van der Waals surface area (Å²) in [5.41, 5.74) is 2.57. The van der Waals surface area contributed by atoms with Crippen LogP contribution in [-0.2, 0) is 23.1 Å². The van der Waals surface area contributed by atoms with Gasteiger partial charge in [-0.25, -0.2) is 4.79 Å². The van der Waals surface area contributed by atoms with Crippen molar-refractivity contribution >= 4 is 11.9 Å². The number of benzene rings is 1. The Balaban J connectivity index is 1.79. The monoisotopic (exact) mass is 286 g/mol. The molecule has 2 aromatic rings. The second-order valence-electron chi connectivity index (χ2n) is 4.78. The number of aromatic nitrogens is 1. The van der Waals surface area contributed by atoms with Gasteiger partial charge in [-0.3, -0.25) is 4.79 Å². The molecule has 1 aromatic heterocycles. The van der Waals surface area contributed by atoms with Crippen LogP contribution in [0.5, 0.6) is 0 Å². The first-order chi connectivity index (χ1) is 10.1. The zero-order valence-corrected chi connectivity index (χ0v) is 12.1. The van der Waals surface area contributed by atoms with E-state index in [0.717, 1.165) is 11.1 Å². The molecule has 0 fully saturated rings. The van der Waals surface area contributed by atoms with Crippen molar-refractivity contribution in [2.75, 3.05) is 6.61 Å². The predicted octanol–water partition coefficient (Wildman–Crippen LogP) is 1.81. The molecule has 5 heteroatoms. The highest BCUT2D eigenvalue weighted by atomic mass is 16.5. The first-order valence-electron chi connectivity index (χ1n) is 6.67. The number of nitrogens with one attached hydrogen (secondary N) is 1. The van der Waals surface area contributed by atoms with Crippen LogP contribution in [0.15, 0.2) is 42.6 Å². The summed E-state index contributed by atoms with van der Waals surface area (Å²) in [4.78, 5) is 23.4. The lowest BCUT2D eigenvalue weighted by Crippen LogP contribution is -2.28. The Kier molecular flexibility index (Phi) is 4.77. The molecule has 0 unspecified atom stereocenters. The van der Waals surface area contributed by atoms with Crippen LogP contribution in [0.4, 0.5) is 0 Å². The molecular weight excluding hydrogens is 268 g/mol. The van der Waals surface area contributed by atoms with Crippen molar-refractivity contribution in [3.05, 3.63) is 59.4 Å². The van der Waals surface area contributed by atoms with Gasteiger partial charge in [-0.1, -0.05) is 24.3 Å². The molecule has 0 radical (unpaired) electrons. The maximum atomic E-state index is 11.7. The van der Waals surface area contributed by atoms with Crippen molar-refractivity contribution in [2.24, 2.45) is 7.05 Å². The first-order valence-corrected chi connectivity index (χ1v) is 6.67. The van der Waals surface area contributed by atoms with Crippen LogP contribution in [-0.4, -0.2) is 23.1 Å². The number of hydrogen-bond donors (Lipinski definition) is 1. The molecule has 1 amide bonds. The van der Waals surface area contributed by atoms with E-state index in [-0.39, 0.29) is 12.5 Å². The van der Waals surface area contributed by atoms with E-state index < -0.39 is 5.97 Å². The van der Waals surface area contributed by atoms with Gasteiger partial charge in [0, 0.05) is 19.8 Å². The molecule has 0 saturated heterocycles. The highest BCUT2D eigenvalue weighted by Crippen LogP contribution is 2.06. The summed E-state index contributed by atoms with van der Waals surface area (Å²) >= 11 is 0. The molecule has 0 atom stereocenters. The van der Waals surface area contributed by atoms with Crippen LogP contribution >= 0.6 is 0 Å². The van der Waals surface area contributed by atoms with Crippen LogP contribution in [0.1, 0.15) is 21.6 Å². The Morgan fingerprint density at radius 2 is 1.95 bits per heavy atom. The van der Waals surface area contributed by atoms with Crippen molar-refractivity contribution in [3.8, 4) is 0 Å². The number of aryl methyl sites for hydroxylation is 2. The molecule has 1 N–H and O–H groups in total. The summed E-state index contributed by atoms with van der Waals surface area (Å²) in [6, 6.07) is 11.2. The minimum atomic E-state index is -0.506. The number of amides is 1. The molecule has 0 saturated carbocycles. The van der Waals surface area contributed by atoms with Gasteiger partial charge in [-0.05, 0) is 30.2 Å². The third kappa shape index (κ3) is 3.95. The van der Waals surface area contributed by atoms with Crippen LogP contribution in [0.3, 0.4) is 0 Å². The Morgan fingerprint density at radius 1 is 1.19 bits per heavy atom. The number of carbonyl (C=O) groups excluding carboxylic acids is 2. The number of nitrogens with zero attached hydrogens (tertiary/aromatic N) is 1. The molecule has 21 heavy (non-hydrogen) atoms. The largest absolute Gasteiger partial charge is 0.451 e. The van der Waals surface area contributed by atoms with Gasteiger partial charge < -0.3 is 14.6 Å². The van der Waals surface area contributed by atoms with E-state index in [4.69, 9.17) is 4.74 Å². The number of rotatable bonds is 5. The van der Waals surface area contributed by atoms with Crippen molar-refractivity contribution in [1.29, 1.82) is 0 Å². The number of carbonyl (C=O) groups is 2. The summed E-state index contributed by atoms with van der Waals surface area (Å²) in [5, 5.41) is 2.73. The van der Waals surface area contributed by atoms with Crippen molar-refractivity contribution in [2.45, 2.75) is 13.5 Å². The molecule has 1 aromatic carbocycles. The number of esters is 1. The van der Waals surface area contributed by atoms with Crippen molar-refractivity contribution in [1.82, 2.24) is 9.88 Å². The average molecular weight is 286 g/mol. The van der Waals surface area contributed by atoms with Crippen LogP contribution < -0.4 is 5.32 Å². The number of ether oxygens (including phenoxy) is 1. The quantitative estimate of drug-likeness (QED) is 0.853. The van der Waals surface area contributed by atoms with Crippen LogP contribution in [0, 0.1) is 6.92 Å². The highest BCUT2D eigenvalue weighted by molar-refractivity contribution is 5.89. The Morgan fingerprint density at radius 3 is 2.62 bits per heavy atom. The van der Waals surface area contributed by atoms with E-state index in [2.05, 4.69) is 5.32 Å². The molecule has 0 aliphatic rings. The fraction of sp³-hybridized carbons (Fsp3) is 0.250. The average Bonchev–Trinajstić information content (AvgIpc) is 2.90. The van der Waals surface area contributed by atoms with E-state index in [1.165, 1.54) is 0 Å². The first kappa shape index (κ1) is 14.8. The van der Waals surface area contributed by atoms with Gasteiger partial charge in [0.05, 0.1) is 0 Å². The normalized spacial score (nSPS) is 10.2. The molecule has 0 bridgehead atoms. The third-order valence-electron chi connectivity index (χ3n) is 3.22. The fourth-order valence-corrected chi connectivity index (χ4v) is 1.93. The molecule has 1 heterocycles. The summed E-state index contributed by atoms with van der Waals surface area (Å²) < 4.78 is 6.62. The lowest BCUT2D eigenvalue weighted by molar-refractivity contribution is -0.124. The van der Waals surface area contributed by atoms with Crippen molar-refractivity contribution in [3.63, 3.8) is 0 Å². The smallest absolute Gasteiger partial charge is 0.355 e. The van der Waals surface area contributed by atoms with Gasteiger partial charge in [-0.15, -0.1) is 0 Å². The van der Waals surface area contributed by atoms with E-state index in [1.807, 2.05) is 31.2 Å². The summed E-state index contributed by atoms with van der Waals surface area (Å²) in [6.45, 7) is 2.13. The molecule has 0 aliphatic heterocycles. The zero-order valence-electron chi connectivity index (χ0n) is 12.1. The Bertz CT molecular complexity index is 646. The van der Waals surface area contributed by atoms with E-state index in [9.17, 15) is 9.59 Å². The lowest BCUT2D eigenvalue weighted by Gasteiger charge is -2.08. The minimum absolute atomic E-state index is 0.282. The SMILES string of the molecule is Cc1ccccc1CNC(=O)COC(=O)c1cccn1C.